The van der Waals surface area contributed by atoms with Crippen molar-refractivity contribution in [2.75, 3.05) is 18.4 Å². The van der Waals surface area contributed by atoms with E-state index in [0.29, 0.717) is 18.8 Å². The summed E-state index contributed by atoms with van der Waals surface area (Å²) in [6, 6.07) is 11.5. The van der Waals surface area contributed by atoms with Gasteiger partial charge < -0.3 is 10.1 Å². The molecule has 1 amide bonds. The second kappa shape index (κ2) is 9.62. The molecule has 1 atom stereocenters. The Morgan fingerprint density at radius 1 is 1.03 bits per heavy atom. The Morgan fingerprint density at radius 3 is 2.45 bits per heavy atom. The van der Waals surface area contributed by atoms with Gasteiger partial charge in [0.1, 0.15) is 0 Å². The van der Waals surface area contributed by atoms with Gasteiger partial charge in [-0.05, 0) is 69.0 Å². The summed E-state index contributed by atoms with van der Waals surface area (Å²) in [6.07, 6.45) is 1.62. The SMILES string of the molecule is Cc1ccc(C)c(NC(=O)C(C)OC(=O)c2cccc(S(=O)(=O)N3CCCCC3)c2)c1. The van der Waals surface area contributed by atoms with Crippen LogP contribution in [0.25, 0.3) is 0 Å². The first-order chi connectivity index (χ1) is 14.7. The zero-order valence-corrected chi connectivity index (χ0v) is 18.9. The molecule has 0 spiro atoms. The molecule has 2 aromatic carbocycles. The first-order valence-electron chi connectivity index (χ1n) is 10.4. The van der Waals surface area contributed by atoms with Crippen molar-refractivity contribution in [3.8, 4) is 0 Å². The lowest BCUT2D eigenvalue weighted by atomic mass is 10.1. The van der Waals surface area contributed by atoms with Gasteiger partial charge in [-0.2, -0.15) is 4.31 Å². The highest BCUT2D eigenvalue weighted by atomic mass is 32.2. The van der Waals surface area contributed by atoms with Gasteiger partial charge in [-0.3, -0.25) is 4.79 Å². The summed E-state index contributed by atoms with van der Waals surface area (Å²) >= 11 is 0. The minimum Gasteiger partial charge on any atom is -0.449 e. The van der Waals surface area contributed by atoms with E-state index < -0.39 is 28.0 Å². The maximum Gasteiger partial charge on any atom is 0.338 e. The Morgan fingerprint density at radius 2 is 1.74 bits per heavy atom. The maximum atomic E-state index is 12.9. The van der Waals surface area contributed by atoms with E-state index in [1.54, 1.807) is 0 Å². The number of nitrogens with one attached hydrogen (secondary N) is 1. The lowest BCUT2D eigenvalue weighted by molar-refractivity contribution is -0.123. The van der Waals surface area contributed by atoms with Crippen LogP contribution in [0.3, 0.4) is 0 Å². The molecular weight excluding hydrogens is 416 g/mol. The third-order valence-corrected chi connectivity index (χ3v) is 7.22. The molecule has 1 saturated heterocycles. The van der Waals surface area contributed by atoms with Crippen LogP contribution in [0.15, 0.2) is 47.4 Å². The van der Waals surface area contributed by atoms with Gasteiger partial charge in [0.05, 0.1) is 10.5 Å². The lowest BCUT2D eigenvalue weighted by Gasteiger charge is -2.26. The fourth-order valence-electron chi connectivity index (χ4n) is 3.42. The van der Waals surface area contributed by atoms with Crippen LogP contribution in [0.4, 0.5) is 5.69 Å². The van der Waals surface area contributed by atoms with Gasteiger partial charge >= 0.3 is 5.97 Å². The van der Waals surface area contributed by atoms with Gasteiger partial charge in [-0.1, -0.05) is 24.6 Å². The summed E-state index contributed by atoms with van der Waals surface area (Å²) in [5.74, 6) is -1.21. The number of nitrogens with zero attached hydrogens (tertiary/aromatic N) is 1. The van der Waals surface area contributed by atoms with Crippen molar-refractivity contribution >= 4 is 27.6 Å². The van der Waals surface area contributed by atoms with E-state index in [1.807, 2.05) is 32.0 Å². The molecule has 31 heavy (non-hydrogen) atoms. The summed E-state index contributed by atoms with van der Waals surface area (Å²) in [4.78, 5) is 25.1. The molecule has 166 valence electrons. The highest BCUT2D eigenvalue weighted by Crippen LogP contribution is 2.22. The molecule has 1 heterocycles. The number of esters is 1. The number of hydrogen-bond acceptors (Lipinski definition) is 5. The first kappa shape index (κ1) is 23.0. The van der Waals surface area contributed by atoms with Crippen molar-refractivity contribution in [1.82, 2.24) is 4.31 Å². The average Bonchev–Trinajstić information content (AvgIpc) is 2.76. The summed E-state index contributed by atoms with van der Waals surface area (Å²) in [7, 11) is -3.67. The number of benzene rings is 2. The Labute approximate surface area is 183 Å². The van der Waals surface area contributed by atoms with E-state index in [4.69, 9.17) is 4.74 Å². The van der Waals surface area contributed by atoms with E-state index in [-0.39, 0.29) is 10.5 Å². The summed E-state index contributed by atoms with van der Waals surface area (Å²) in [6.45, 7) is 6.23. The van der Waals surface area contributed by atoms with Crippen LogP contribution >= 0.6 is 0 Å². The van der Waals surface area contributed by atoms with Crippen molar-refractivity contribution in [2.45, 2.75) is 51.0 Å². The number of sulfonamides is 1. The molecule has 3 rings (SSSR count). The third kappa shape index (κ3) is 5.51. The second-order valence-electron chi connectivity index (χ2n) is 7.85. The normalized spacial score (nSPS) is 15.8. The molecule has 1 aliphatic heterocycles. The highest BCUT2D eigenvalue weighted by molar-refractivity contribution is 7.89. The molecular formula is C23H28N2O5S. The largest absolute Gasteiger partial charge is 0.449 e. The van der Waals surface area contributed by atoms with Crippen LogP contribution in [0, 0.1) is 13.8 Å². The Hall–Kier alpha value is -2.71. The monoisotopic (exact) mass is 444 g/mol. The fourth-order valence-corrected chi connectivity index (χ4v) is 4.99. The van der Waals surface area contributed by atoms with E-state index >= 15 is 0 Å². The Bertz CT molecular complexity index is 1080. The minimum atomic E-state index is -3.67. The molecule has 0 saturated carbocycles. The van der Waals surface area contributed by atoms with Crippen LogP contribution in [-0.4, -0.2) is 43.8 Å². The van der Waals surface area contributed by atoms with Gasteiger partial charge in [0, 0.05) is 18.8 Å². The van der Waals surface area contributed by atoms with Crippen molar-refractivity contribution in [3.05, 3.63) is 59.2 Å². The zero-order chi connectivity index (χ0) is 22.6. The van der Waals surface area contributed by atoms with Crippen LogP contribution < -0.4 is 5.32 Å². The number of rotatable bonds is 6. The number of carbonyl (C=O) groups is 2. The molecule has 2 aromatic rings. The molecule has 0 aliphatic carbocycles. The number of hydrogen-bond donors (Lipinski definition) is 1. The standard InChI is InChI=1S/C23H28N2O5S/c1-16-10-11-17(2)21(14-16)24-22(26)18(3)30-23(27)19-8-7-9-20(15-19)31(28,29)25-12-5-4-6-13-25/h7-11,14-15,18H,4-6,12-13H2,1-3H3,(H,24,26). The van der Waals surface area contributed by atoms with Gasteiger partial charge in [0.15, 0.2) is 6.10 Å². The molecule has 8 heteroatoms. The van der Waals surface area contributed by atoms with Gasteiger partial charge in [0.2, 0.25) is 10.0 Å². The predicted molar refractivity (Wildman–Crippen MR) is 118 cm³/mol. The van der Waals surface area contributed by atoms with E-state index in [9.17, 15) is 18.0 Å². The number of ether oxygens (including phenoxy) is 1. The second-order valence-corrected chi connectivity index (χ2v) is 9.79. The molecule has 7 nitrogen and oxygen atoms in total. The highest BCUT2D eigenvalue weighted by Gasteiger charge is 2.27. The quantitative estimate of drug-likeness (QED) is 0.687. The van der Waals surface area contributed by atoms with E-state index in [2.05, 4.69) is 5.32 Å². The van der Waals surface area contributed by atoms with Crippen molar-refractivity contribution < 1.29 is 22.7 Å². The minimum absolute atomic E-state index is 0.0522. The topological polar surface area (TPSA) is 92.8 Å². The zero-order valence-electron chi connectivity index (χ0n) is 18.1. The number of carbonyl (C=O) groups excluding carboxylic acids is 2. The predicted octanol–water partition coefficient (Wildman–Crippen LogP) is 3.66. The fraction of sp³-hybridized carbons (Fsp3) is 0.391. The molecule has 0 radical (unpaired) electrons. The number of aryl methyl sites for hydroxylation is 2. The molecule has 0 bridgehead atoms. The Balaban J connectivity index is 1.69. The van der Waals surface area contributed by atoms with Gasteiger partial charge in [0.25, 0.3) is 5.91 Å². The number of amides is 1. The Kier molecular flexibility index (Phi) is 7.12. The molecule has 1 aliphatic rings. The van der Waals surface area contributed by atoms with Crippen molar-refractivity contribution in [2.24, 2.45) is 0 Å². The number of anilines is 1. The van der Waals surface area contributed by atoms with E-state index in [0.717, 1.165) is 30.4 Å². The maximum absolute atomic E-state index is 12.9. The molecule has 0 aromatic heterocycles. The summed E-state index contributed by atoms with van der Waals surface area (Å²) in [5.41, 5.74) is 2.64. The number of piperidine rings is 1. The lowest BCUT2D eigenvalue weighted by Crippen LogP contribution is -2.35. The molecule has 1 unspecified atom stereocenters. The smallest absolute Gasteiger partial charge is 0.338 e. The molecule has 1 fully saturated rings. The summed E-state index contributed by atoms with van der Waals surface area (Å²) < 4.78 is 32.5. The van der Waals surface area contributed by atoms with Crippen LogP contribution in [-0.2, 0) is 19.6 Å². The van der Waals surface area contributed by atoms with Gasteiger partial charge in [-0.25, -0.2) is 13.2 Å². The first-order valence-corrected chi connectivity index (χ1v) is 11.8. The third-order valence-electron chi connectivity index (χ3n) is 5.33. The van der Waals surface area contributed by atoms with Crippen LogP contribution in [0.1, 0.15) is 47.7 Å². The average molecular weight is 445 g/mol. The van der Waals surface area contributed by atoms with Crippen molar-refractivity contribution in [3.63, 3.8) is 0 Å². The molecule has 1 N–H and O–H groups in total. The van der Waals surface area contributed by atoms with E-state index in [1.165, 1.54) is 35.5 Å². The van der Waals surface area contributed by atoms with Crippen LogP contribution in [0.5, 0.6) is 0 Å². The summed E-state index contributed by atoms with van der Waals surface area (Å²) in [5, 5.41) is 2.77. The van der Waals surface area contributed by atoms with Crippen molar-refractivity contribution in [1.29, 1.82) is 0 Å². The van der Waals surface area contributed by atoms with Crippen LogP contribution in [0.2, 0.25) is 0 Å². The van der Waals surface area contributed by atoms with Gasteiger partial charge in [-0.15, -0.1) is 0 Å².